The molecule has 0 saturated heterocycles. The first-order chi connectivity index (χ1) is 6.68. The summed E-state index contributed by atoms with van der Waals surface area (Å²) in [4.78, 5) is 21.9. The zero-order chi connectivity index (χ0) is 10.1. The number of carboxylic acid groups (broad SMARTS) is 1. The number of aliphatic carboxylic acids is 1. The predicted molar refractivity (Wildman–Crippen MR) is 52.2 cm³/mol. The second kappa shape index (κ2) is 3.42. The van der Waals surface area contributed by atoms with Gasteiger partial charge in [0, 0.05) is 0 Å². The van der Waals surface area contributed by atoms with E-state index in [1.54, 1.807) is 6.07 Å². The molecule has 1 aliphatic rings. The van der Waals surface area contributed by atoms with Gasteiger partial charge in [0.25, 0.3) is 0 Å². The largest absolute Gasteiger partial charge is 0.481 e. The van der Waals surface area contributed by atoms with Gasteiger partial charge in [0.1, 0.15) is 0 Å². The number of anilines is 1. The monoisotopic (exact) mass is 211 g/mol. The lowest BCUT2D eigenvalue weighted by molar-refractivity contribution is -0.139. The van der Waals surface area contributed by atoms with Gasteiger partial charge in [-0.25, -0.2) is 0 Å². The molecular weight excluding hydrogens is 202 g/mol. The fraction of sp³-hybridized carbons (Fsp3) is 0.333. The normalized spacial score (nSPS) is 24.3. The maximum absolute atomic E-state index is 11.4. The maximum atomic E-state index is 11.4. The number of nitrogens with one attached hydrogen (secondary N) is 1. The first-order valence-corrected chi connectivity index (χ1v) is 5.13. The van der Waals surface area contributed by atoms with Gasteiger partial charge in [-0.3, -0.25) is 9.59 Å². The topological polar surface area (TPSA) is 66.4 Å². The Balaban J connectivity index is 1.90. The van der Waals surface area contributed by atoms with Gasteiger partial charge in [0.05, 0.1) is 16.8 Å². The summed E-state index contributed by atoms with van der Waals surface area (Å²) in [6.45, 7) is 0. The highest BCUT2D eigenvalue weighted by molar-refractivity contribution is 7.14. The summed E-state index contributed by atoms with van der Waals surface area (Å²) in [5.41, 5.74) is 0. The summed E-state index contributed by atoms with van der Waals surface area (Å²) in [7, 11) is 0. The van der Waals surface area contributed by atoms with Crippen LogP contribution < -0.4 is 5.32 Å². The summed E-state index contributed by atoms with van der Waals surface area (Å²) in [6, 6.07) is 3.63. The van der Waals surface area contributed by atoms with Gasteiger partial charge < -0.3 is 10.4 Å². The maximum Gasteiger partial charge on any atom is 0.307 e. The molecule has 1 aromatic heterocycles. The number of thiophene rings is 1. The lowest BCUT2D eigenvalue weighted by Crippen LogP contribution is -2.15. The minimum Gasteiger partial charge on any atom is -0.481 e. The smallest absolute Gasteiger partial charge is 0.307 e. The van der Waals surface area contributed by atoms with E-state index < -0.39 is 11.9 Å². The quantitative estimate of drug-likeness (QED) is 0.794. The Morgan fingerprint density at radius 1 is 1.50 bits per heavy atom. The summed E-state index contributed by atoms with van der Waals surface area (Å²) >= 11 is 1.43. The third kappa shape index (κ3) is 1.77. The zero-order valence-electron chi connectivity index (χ0n) is 7.27. The van der Waals surface area contributed by atoms with Gasteiger partial charge in [-0.05, 0) is 23.9 Å². The fourth-order valence-electron chi connectivity index (χ4n) is 1.32. The number of carboxylic acids is 1. The van der Waals surface area contributed by atoms with E-state index in [1.807, 2.05) is 11.4 Å². The Morgan fingerprint density at radius 2 is 2.29 bits per heavy atom. The molecule has 14 heavy (non-hydrogen) atoms. The van der Waals surface area contributed by atoms with Crippen molar-refractivity contribution in [2.45, 2.75) is 6.42 Å². The highest BCUT2D eigenvalue weighted by Gasteiger charge is 2.48. The highest BCUT2D eigenvalue weighted by Crippen LogP contribution is 2.39. The Bertz CT molecular complexity index is 360. The third-order valence-corrected chi connectivity index (χ3v) is 3.00. The highest BCUT2D eigenvalue weighted by atomic mass is 32.1. The van der Waals surface area contributed by atoms with Crippen LogP contribution in [0.2, 0.25) is 0 Å². The van der Waals surface area contributed by atoms with Crippen molar-refractivity contribution in [2.75, 3.05) is 5.32 Å². The number of hydrogen-bond donors (Lipinski definition) is 2. The molecule has 5 heteroatoms. The summed E-state index contributed by atoms with van der Waals surface area (Å²) in [5.74, 6) is -1.87. The van der Waals surface area contributed by atoms with Crippen molar-refractivity contribution in [1.29, 1.82) is 0 Å². The van der Waals surface area contributed by atoms with Crippen LogP contribution in [0.4, 0.5) is 5.00 Å². The molecule has 0 bridgehead atoms. The van der Waals surface area contributed by atoms with E-state index in [2.05, 4.69) is 5.32 Å². The molecule has 1 aromatic rings. The van der Waals surface area contributed by atoms with Crippen LogP contribution in [0.5, 0.6) is 0 Å². The van der Waals surface area contributed by atoms with Gasteiger partial charge in [0.2, 0.25) is 5.91 Å². The molecular formula is C9H9NO3S. The van der Waals surface area contributed by atoms with Gasteiger partial charge in [0.15, 0.2) is 0 Å². The van der Waals surface area contributed by atoms with Gasteiger partial charge in [-0.2, -0.15) is 0 Å². The van der Waals surface area contributed by atoms with E-state index >= 15 is 0 Å². The van der Waals surface area contributed by atoms with E-state index in [9.17, 15) is 9.59 Å². The van der Waals surface area contributed by atoms with Gasteiger partial charge in [-0.15, -0.1) is 11.3 Å². The van der Waals surface area contributed by atoms with Gasteiger partial charge in [-0.1, -0.05) is 0 Å². The number of hydrogen-bond acceptors (Lipinski definition) is 3. The minimum atomic E-state index is -0.878. The molecule has 0 spiro atoms. The Kier molecular flexibility index (Phi) is 2.25. The van der Waals surface area contributed by atoms with Crippen LogP contribution in [-0.2, 0) is 9.59 Å². The zero-order valence-corrected chi connectivity index (χ0v) is 8.08. The molecule has 1 saturated carbocycles. The van der Waals surface area contributed by atoms with Gasteiger partial charge >= 0.3 is 5.97 Å². The van der Waals surface area contributed by atoms with Crippen molar-refractivity contribution in [3.8, 4) is 0 Å². The van der Waals surface area contributed by atoms with E-state index in [0.29, 0.717) is 6.42 Å². The predicted octanol–water partition coefficient (Wildman–Crippen LogP) is 1.41. The molecule has 1 aliphatic carbocycles. The SMILES string of the molecule is O=C(O)C1CC1C(=O)Nc1cccs1. The van der Waals surface area contributed by atoms with Crippen LogP contribution in [0.15, 0.2) is 17.5 Å². The second-order valence-electron chi connectivity index (χ2n) is 3.25. The molecule has 2 N–H and O–H groups in total. The van der Waals surface area contributed by atoms with Crippen LogP contribution in [0.25, 0.3) is 0 Å². The molecule has 0 aliphatic heterocycles. The summed E-state index contributed by atoms with van der Waals surface area (Å²) in [6.07, 6.45) is 0.465. The molecule has 1 heterocycles. The standard InChI is InChI=1S/C9H9NO3S/c11-8(5-4-6(5)9(12)13)10-7-2-1-3-14-7/h1-3,5-6H,4H2,(H,10,11)(H,12,13). The molecule has 74 valence electrons. The van der Waals surface area contributed by atoms with Crippen molar-refractivity contribution < 1.29 is 14.7 Å². The molecule has 2 atom stereocenters. The lowest BCUT2D eigenvalue weighted by atomic mass is 10.3. The first-order valence-electron chi connectivity index (χ1n) is 4.25. The fourth-order valence-corrected chi connectivity index (χ4v) is 1.94. The Hall–Kier alpha value is -1.36. The number of carbonyl (C=O) groups is 2. The Morgan fingerprint density at radius 3 is 2.79 bits per heavy atom. The third-order valence-electron chi connectivity index (χ3n) is 2.21. The second-order valence-corrected chi connectivity index (χ2v) is 4.20. The average Bonchev–Trinajstić information content (AvgIpc) is 2.80. The molecule has 1 amide bonds. The average molecular weight is 211 g/mol. The summed E-state index contributed by atoms with van der Waals surface area (Å²) in [5, 5.41) is 13.9. The lowest BCUT2D eigenvalue weighted by Gasteiger charge is -1.99. The first kappa shape index (κ1) is 9.21. The molecule has 4 nitrogen and oxygen atoms in total. The molecule has 1 fully saturated rings. The number of amides is 1. The van der Waals surface area contributed by atoms with E-state index in [1.165, 1.54) is 11.3 Å². The van der Waals surface area contributed by atoms with Crippen molar-refractivity contribution >= 4 is 28.2 Å². The molecule has 2 unspecified atom stereocenters. The van der Waals surface area contributed by atoms with Crippen LogP contribution in [0.3, 0.4) is 0 Å². The van der Waals surface area contributed by atoms with Crippen molar-refractivity contribution in [3.05, 3.63) is 17.5 Å². The van der Waals surface area contributed by atoms with Crippen molar-refractivity contribution in [2.24, 2.45) is 11.8 Å². The molecule has 0 aromatic carbocycles. The van der Waals surface area contributed by atoms with Crippen molar-refractivity contribution in [1.82, 2.24) is 0 Å². The minimum absolute atomic E-state index is 0.181. The van der Waals surface area contributed by atoms with E-state index in [-0.39, 0.29) is 11.8 Å². The van der Waals surface area contributed by atoms with E-state index in [0.717, 1.165) is 5.00 Å². The summed E-state index contributed by atoms with van der Waals surface area (Å²) < 4.78 is 0. The Labute approximate surface area is 84.6 Å². The van der Waals surface area contributed by atoms with Crippen LogP contribution in [-0.4, -0.2) is 17.0 Å². The van der Waals surface area contributed by atoms with Crippen LogP contribution in [0.1, 0.15) is 6.42 Å². The molecule has 0 radical (unpaired) electrons. The number of rotatable bonds is 3. The van der Waals surface area contributed by atoms with E-state index in [4.69, 9.17) is 5.11 Å². The van der Waals surface area contributed by atoms with Crippen LogP contribution >= 0.6 is 11.3 Å². The van der Waals surface area contributed by atoms with Crippen LogP contribution in [0, 0.1) is 11.8 Å². The molecule has 2 rings (SSSR count). The number of carbonyl (C=O) groups excluding carboxylic acids is 1. The van der Waals surface area contributed by atoms with Crippen molar-refractivity contribution in [3.63, 3.8) is 0 Å².